The van der Waals surface area contributed by atoms with E-state index in [0.717, 1.165) is 5.20 Å². The Hall–Kier alpha value is -1.42. The molecule has 0 atom stereocenters. The van der Waals surface area contributed by atoms with Gasteiger partial charge in [0.15, 0.2) is 0 Å². The molecule has 0 amide bonds. The number of nitro benzene ring substituents is 1. The first kappa shape index (κ1) is 12.6. The maximum Gasteiger partial charge on any atom is 0.279 e. The van der Waals surface area contributed by atoms with Gasteiger partial charge in [-0.25, -0.2) is 0 Å². The Kier molecular flexibility index (Phi) is 3.33. The van der Waals surface area contributed by atoms with Crippen molar-refractivity contribution in [1.82, 2.24) is 0 Å². The minimum atomic E-state index is -1.60. The number of benzene rings is 1. The molecule has 1 aromatic rings. The molecule has 1 rings (SSSR count). The second-order valence-corrected chi connectivity index (χ2v) is 10.1. The lowest BCUT2D eigenvalue weighted by atomic mass is 10.1. The van der Waals surface area contributed by atoms with E-state index >= 15 is 0 Å². The number of rotatable bonds is 3. The third-order valence-electron chi connectivity index (χ3n) is 2.65. The second kappa shape index (κ2) is 4.21. The highest BCUT2D eigenvalue weighted by molar-refractivity contribution is 6.93. The molecule has 0 aromatic heterocycles. The lowest BCUT2D eigenvalue weighted by Gasteiger charge is -2.20. The molecule has 16 heavy (non-hydrogen) atoms. The molecule has 0 bridgehead atoms. The first-order chi connectivity index (χ1) is 7.25. The molecular weight excluding hydrogens is 218 g/mol. The summed E-state index contributed by atoms with van der Waals surface area (Å²) in [7, 11) is -1.60. The summed E-state index contributed by atoms with van der Waals surface area (Å²) < 4.78 is 0. The van der Waals surface area contributed by atoms with Crippen molar-refractivity contribution < 1.29 is 4.92 Å². The minimum Gasteiger partial charge on any atom is -0.258 e. The van der Waals surface area contributed by atoms with E-state index in [4.69, 9.17) is 0 Å². The zero-order valence-electron chi connectivity index (χ0n) is 10.2. The molecule has 0 aliphatic carbocycles. The highest BCUT2D eigenvalue weighted by Crippen LogP contribution is 2.33. The summed E-state index contributed by atoms with van der Waals surface area (Å²) in [6, 6.07) is 5.41. The van der Waals surface area contributed by atoms with E-state index in [-0.39, 0.29) is 10.6 Å². The number of nitrogens with zero attached hydrogens (tertiary/aromatic N) is 1. The fourth-order valence-electron chi connectivity index (χ4n) is 1.55. The van der Waals surface area contributed by atoms with Crippen molar-refractivity contribution in [2.24, 2.45) is 0 Å². The molecule has 0 fully saturated rings. The number of nitro groups is 1. The predicted octanol–water partition coefficient (Wildman–Crippen LogP) is 3.79. The SMILES string of the molecule is C=C(c1cccc(C)c1[N+](=O)[O-])[Si](C)(C)C. The normalized spacial score (nSPS) is 11.2. The van der Waals surface area contributed by atoms with Crippen LogP contribution in [0.1, 0.15) is 11.1 Å². The summed E-state index contributed by atoms with van der Waals surface area (Å²) in [5.74, 6) is 0. The van der Waals surface area contributed by atoms with Gasteiger partial charge in [0.25, 0.3) is 5.69 Å². The van der Waals surface area contributed by atoms with Gasteiger partial charge in [0.1, 0.15) is 0 Å². The number of hydrogen-bond acceptors (Lipinski definition) is 2. The molecule has 0 spiro atoms. The van der Waals surface area contributed by atoms with E-state index in [1.54, 1.807) is 19.1 Å². The van der Waals surface area contributed by atoms with Crippen LogP contribution in [0.15, 0.2) is 24.8 Å². The molecule has 0 radical (unpaired) electrons. The third kappa shape index (κ3) is 2.39. The molecule has 0 saturated heterocycles. The van der Waals surface area contributed by atoms with Gasteiger partial charge in [-0.1, -0.05) is 43.5 Å². The predicted molar refractivity (Wildman–Crippen MR) is 70.2 cm³/mol. The highest BCUT2D eigenvalue weighted by Gasteiger charge is 2.26. The minimum absolute atomic E-state index is 0.204. The van der Waals surface area contributed by atoms with Gasteiger partial charge in [-0.3, -0.25) is 10.1 Å². The Morgan fingerprint density at radius 1 is 1.38 bits per heavy atom. The van der Waals surface area contributed by atoms with Crippen LogP contribution in [0.2, 0.25) is 19.6 Å². The van der Waals surface area contributed by atoms with Gasteiger partial charge < -0.3 is 0 Å². The molecule has 0 heterocycles. The van der Waals surface area contributed by atoms with Crippen LogP contribution in [-0.2, 0) is 0 Å². The number of para-hydroxylation sites is 1. The van der Waals surface area contributed by atoms with Crippen molar-refractivity contribution >= 4 is 19.0 Å². The van der Waals surface area contributed by atoms with E-state index in [0.29, 0.717) is 11.1 Å². The average molecular weight is 235 g/mol. The smallest absolute Gasteiger partial charge is 0.258 e. The average Bonchev–Trinajstić information content (AvgIpc) is 2.14. The van der Waals surface area contributed by atoms with Crippen molar-refractivity contribution in [1.29, 1.82) is 0 Å². The van der Waals surface area contributed by atoms with E-state index in [1.165, 1.54) is 0 Å². The van der Waals surface area contributed by atoms with Gasteiger partial charge in [-0.15, -0.1) is 0 Å². The van der Waals surface area contributed by atoms with Crippen molar-refractivity contribution in [3.63, 3.8) is 0 Å². The Morgan fingerprint density at radius 3 is 2.38 bits per heavy atom. The Balaban J connectivity index is 3.40. The van der Waals surface area contributed by atoms with Crippen molar-refractivity contribution in [3.05, 3.63) is 46.0 Å². The topological polar surface area (TPSA) is 43.1 Å². The quantitative estimate of drug-likeness (QED) is 0.454. The number of hydrogen-bond donors (Lipinski definition) is 0. The van der Waals surface area contributed by atoms with Crippen LogP contribution in [0.4, 0.5) is 5.69 Å². The van der Waals surface area contributed by atoms with Crippen LogP contribution in [0.25, 0.3) is 5.20 Å². The van der Waals surface area contributed by atoms with Gasteiger partial charge in [0.2, 0.25) is 0 Å². The first-order valence-corrected chi connectivity index (χ1v) is 8.69. The molecule has 0 saturated carbocycles. The van der Waals surface area contributed by atoms with E-state index in [1.807, 2.05) is 6.07 Å². The Morgan fingerprint density at radius 2 is 1.94 bits per heavy atom. The summed E-state index contributed by atoms with van der Waals surface area (Å²) in [6.07, 6.45) is 0. The molecular formula is C12H17NO2Si. The summed E-state index contributed by atoms with van der Waals surface area (Å²) in [6.45, 7) is 12.2. The fourth-order valence-corrected chi connectivity index (χ4v) is 2.56. The molecule has 1 aromatic carbocycles. The van der Waals surface area contributed by atoms with Crippen LogP contribution >= 0.6 is 0 Å². The van der Waals surface area contributed by atoms with Crippen LogP contribution in [-0.4, -0.2) is 13.0 Å². The second-order valence-electron chi connectivity index (χ2n) is 4.96. The van der Waals surface area contributed by atoms with Gasteiger partial charge in [-0.05, 0) is 13.0 Å². The standard InChI is InChI=1S/C12H17NO2Si/c1-9-7-6-8-11(12(9)13(14)15)10(2)16(3,4)5/h6-8H,2H2,1,3-5H3. The summed E-state index contributed by atoms with van der Waals surface area (Å²) >= 11 is 0. The van der Waals surface area contributed by atoms with E-state index < -0.39 is 8.07 Å². The van der Waals surface area contributed by atoms with Gasteiger partial charge in [0, 0.05) is 5.56 Å². The van der Waals surface area contributed by atoms with Crippen LogP contribution in [0, 0.1) is 17.0 Å². The largest absolute Gasteiger partial charge is 0.279 e. The molecule has 86 valence electrons. The molecule has 0 N–H and O–H groups in total. The lowest BCUT2D eigenvalue weighted by molar-refractivity contribution is -0.385. The maximum absolute atomic E-state index is 11.1. The first-order valence-electron chi connectivity index (χ1n) is 5.19. The van der Waals surface area contributed by atoms with Gasteiger partial charge in [0.05, 0.1) is 18.6 Å². The maximum atomic E-state index is 11.1. The lowest BCUT2D eigenvalue weighted by Crippen LogP contribution is -2.22. The molecule has 0 aliphatic rings. The number of aryl methyl sites for hydroxylation is 1. The molecule has 0 unspecified atom stereocenters. The zero-order chi connectivity index (χ0) is 12.5. The fraction of sp³-hybridized carbons (Fsp3) is 0.333. The molecule has 3 nitrogen and oxygen atoms in total. The van der Waals surface area contributed by atoms with Crippen molar-refractivity contribution in [2.75, 3.05) is 0 Å². The van der Waals surface area contributed by atoms with Gasteiger partial charge >= 0.3 is 0 Å². The van der Waals surface area contributed by atoms with Crippen LogP contribution < -0.4 is 0 Å². The summed E-state index contributed by atoms with van der Waals surface area (Å²) in [5, 5.41) is 12.0. The van der Waals surface area contributed by atoms with Crippen LogP contribution in [0.3, 0.4) is 0 Å². The monoisotopic (exact) mass is 235 g/mol. The third-order valence-corrected chi connectivity index (χ3v) is 4.73. The zero-order valence-corrected chi connectivity index (χ0v) is 11.2. The summed E-state index contributed by atoms with van der Waals surface area (Å²) in [5.41, 5.74) is 1.60. The summed E-state index contributed by atoms with van der Waals surface area (Å²) in [4.78, 5) is 10.7. The highest BCUT2D eigenvalue weighted by atomic mass is 28.3. The van der Waals surface area contributed by atoms with Gasteiger partial charge in [-0.2, -0.15) is 0 Å². The van der Waals surface area contributed by atoms with Crippen molar-refractivity contribution in [3.8, 4) is 0 Å². The van der Waals surface area contributed by atoms with Crippen LogP contribution in [0.5, 0.6) is 0 Å². The Labute approximate surface area is 97.0 Å². The van der Waals surface area contributed by atoms with E-state index in [2.05, 4.69) is 26.2 Å². The molecule has 4 heteroatoms. The Bertz CT molecular complexity index is 447. The molecule has 0 aliphatic heterocycles. The van der Waals surface area contributed by atoms with E-state index in [9.17, 15) is 10.1 Å². The van der Waals surface area contributed by atoms with Crippen molar-refractivity contribution in [2.45, 2.75) is 26.6 Å².